The molecular weight excluding hydrogens is 320 g/mol. The average molecular weight is 336 g/mol. The molecule has 3 heterocycles. The largest absolute Gasteiger partial charge is 0.336 e. The molecule has 126 valence electrons. The number of fused-ring (bicyclic) bond motifs is 1. The van der Waals surface area contributed by atoms with Gasteiger partial charge in [-0.2, -0.15) is 0 Å². The van der Waals surface area contributed by atoms with Crippen molar-refractivity contribution in [2.45, 2.75) is 12.8 Å². The van der Waals surface area contributed by atoms with E-state index in [1.807, 2.05) is 30.3 Å². The summed E-state index contributed by atoms with van der Waals surface area (Å²) in [5.41, 5.74) is 2.41. The summed E-state index contributed by atoms with van der Waals surface area (Å²) in [5.74, 6) is -0.189. The zero-order valence-corrected chi connectivity index (χ0v) is 13.4. The van der Waals surface area contributed by atoms with E-state index < -0.39 is 0 Å². The lowest BCUT2D eigenvalue weighted by Gasteiger charge is -2.18. The number of para-hydroxylation sites is 1. The second-order valence-corrected chi connectivity index (χ2v) is 5.83. The molecule has 0 saturated heterocycles. The number of nitrogens with zero attached hydrogens (tertiary/aromatic N) is 5. The van der Waals surface area contributed by atoms with E-state index in [2.05, 4.69) is 20.3 Å². The van der Waals surface area contributed by atoms with Crippen molar-refractivity contribution in [1.82, 2.24) is 29.9 Å². The van der Waals surface area contributed by atoms with Gasteiger partial charge in [-0.3, -0.25) is 9.59 Å². The van der Waals surface area contributed by atoms with Crippen molar-refractivity contribution >= 4 is 5.91 Å². The highest BCUT2D eigenvalue weighted by atomic mass is 16.2. The van der Waals surface area contributed by atoms with Crippen LogP contribution in [-0.2, 0) is 12.8 Å². The van der Waals surface area contributed by atoms with Crippen LogP contribution in [0.25, 0.3) is 5.69 Å². The minimum absolute atomic E-state index is 0.130. The van der Waals surface area contributed by atoms with Gasteiger partial charge in [0.1, 0.15) is 0 Å². The van der Waals surface area contributed by atoms with E-state index in [9.17, 15) is 9.59 Å². The van der Waals surface area contributed by atoms with Gasteiger partial charge in [-0.15, -0.1) is 5.10 Å². The van der Waals surface area contributed by atoms with Crippen LogP contribution in [0.1, 0.15) is 21.7 Å². The summed E-state index contributed by atoms with van der Waals surface area (Å²) in [6.07, 6.45) is 4.07. The molecule has 0 aliphatic carbocycles. The zero-order valence-electron chi connectivity index (χ0n) is 13.4. The first-order valence-electron chi connectivity index (χ1n) is 8.05. The van der Waals surface area contributed by atoms with Crippen LogP contribution in [0.15, 0.2) is 47.7 Å². The van der Waals surface area contributed by atoms with Crippen molar-refractivity contribution in [2.75, 3.05) is 13.1 Å². The highest BCUT2D eigenvalue weighted by Gasteiger charge is 2.23. The lowest BCUT2D eigenvalue weighted by molar-refractivity contribution is 0.0757. The molecule has 3 aromatic rings. The first-order valence-corrected chi connectivity index (χ1v) is 8.05. The van der Waals surface area contributed by atoms with Gasteiger partial charge in [0, 0.05) is 25.1 Å². The third kappa shape index (κ3) is 2.93. The van der Waals surface area contributed by atoms with Crippen molar-refractivity contribution in [1.29, 1.82) is 0 Å². The maximum Gasteiger partial charge on any atom is 0.276 e. The first kappa shape index (κ1) is 15.3. The quantitative estimate of drug-likeness (QED) is 0.739. The molecule has 0 spiro atoms. The van der Waals surface area contributed by atoms with Crippen LogP contribution in [0.2, 0.25) is 0 Å². The van der Waals surface area contributed by atoms with Crippen molar-refractivity contribution in [3.05, 3.63) is 70.2 Å². The standard InChI is InChI=1S/C17H16N6O2/c24-16-13-6-8-22(9-7-14(13)18-11-19-16)17(25)15-10-23(21-20-15)12-4-2-1-3-5-12/h1-5,10-11H,6-9H2,(H,18,19,24). The number of H-pyrrole nitrogens is 1. The summed E-state index contributed by atoms with van der Waals surface area (Å²) in [5, 5.41) is 8.03. The zero-order chi connectivity index (χ0) is 17.2. The molecule has 1 aromatic carbocycles. The molecule has 0 radical (unpaired) electrons. The van der Waals surface area contributed by atoms with Gasteiger partial charge in [0.25, 0.3) is 11.5 Å². The van der Waals surface area contributed by atoms with Gasteiger partial charge in [-0.1, -0.05) is 23.4 Å². The number of carbonyl (C=O) groups excluding carboxylic acids is 1. The maximum absolute atomic E-state index is 12.7. The second-order valence-electron chi connectivity index (χ2n) is 5.83. The van der Waals surface area contributed by atoms with Crippen molar-refractivity contribution in [3.63, 3.8) is 0 Å². The van der Waals surface area contributed by atoms with Crippen LogP contribution in [-0.4, -0.2) is 48.9 Å². The smallest absolute Gasteiger partial charge is 0.276 e. The molecule has 1 aliphatic heterocycles. The minimum atomic E-state index is -0.189. The van der Waals surface area contributed by atoms with Gasteiger partial charge in [0.15, 0.2) is 5.69 Å². The number of rotatable bonds is 2. The number of hydrogen-bond donors (Lipinski definition) is 1. The second kappa shape index (κ2) is 6.31. The molecule has 8 heteroatoms. The predicted molar refractivity (Wildman–Crippen MR) is 89.5 cm³/mol. The van der Waals surface area contributed by atoms with E-state index in [4.69, 9.17) is 0 Å². The normalized spacial score (nSPS) is 14.0. The maximum atomic E-state index is 12.7. The number of benzene rings is 1. The SMILES string of the molecule is O=C(c1cn(-c2ccccc2)nn1)N1CCc2nc[nH]c(=O)c2CC1. The van der Waals surface area contributed by atoms with E-state index >= 15 is 0 Å². The summed E-state index contributed by atoms with van der Waals surface area (Å²) in [6.45, 7) is 0.958. The van der Waals surface area contributed by atoms with Crippen LogP contribution in [0, 0.1) is 0 Å². The number of amides is 1. The molecular formula is C17H16N6O2. The first-order chi connectivity index (χ1) is 12.2. The third-order valence-electron chi connectivity index (χ3n) is 4.31. The molecule has 1 amide bonds. The van der Waals surface area contributed by atoms with E-state index in [1.165, 1.54) is 6.33 Å². The molecule has 0 unspecified atom stereocenters. The lowest BCUT2D eigenvalue weighted by Crippen LogP contribution is -2.33. The summed E-state index contributed by atoms with van der Waals surface area (Å²) < 4.78 is 1.58. The highest BCUT2D eigenvalue weighted by molar-refractivity contribution is 5.92. The number of nitrogens with one attached hydrogen (secondary N) is 1. The Hall–Kier alpha value is -3.29. The number of hydrogen-bond acceptors (Lipinski definition) is 5. The topological polar surface area (TPSA) is 96.8 Å². The van der Waals surface area contributed by atoms with Gasteiger partial charge >= 0.3 is 0 Å². The Morgan fingerprint density at radius 2 is 1.92 bits per heavy atom. The number of carbonyl (C=O) groups is 1. The van der Waals surface area contributed by atoms with Crippen LogP contribution >= 0.6 is 0 Å². The van der Waals surface area contributed by atoms with E-state index in [-0.39, 0.29) is 17.2 Å². The summed E-state index contributed by atoms with van der Waals surface area (Å²) in [7, 11) is 0. The molecule has 1 aliphatic rings. The summed E-state index contributed by atoms with van der Waals surface area (Å²) in [6, 6.07) is 9.49. The van der Waals surface area contributed by atoms with Crippen LogP contribution < -0.4 is 5.56 Å². The van der Waals surface area contributed by atoms with Crippen LogP contribution in [0.4, 0.5) is 0 Å². The van der Waals surface area contributed by atoms with Gasteiger partial charge in [-0.25, -0.2) is 9.67 Å². The van der Waals surface area contributed by atoms with E-state index in [0.29, 0.717) is 31.5 Å². The molecule has 4 rings (SSSR count). The predicted octanol–water partition coefficient (Wildman–Crippen LogP) is 0.592. The average Bonchev–Trinajstić information content (AvgIpc) is 3.03. The van der Waals surface area contributed by atoms with Crippen molar-refractivity contribution < 1.29 is 4.79 Å². The molecule has 0 saturated carbocycles. The van der Waals surface area contributed by atoms with Crippen molar-refractivity contribution in [2.24, 2.45) is 0 Å². The molecule has 1 N–H and O–H groups in total. The molecule has 0 atom stereocenters. The molecule has 0 fully saturated rings. The number of aromatic amines is 1. The van der Waals surface area contributed by atoms with Crippen LogP contribution in [0.3, 0.4) is 0 Å². The fourth-order valence-corrected chi connectivity index (χ4v) is 2.97. The van der Waals surface area contributed by atoms with Crippen LogP contribution in [0.5, 0.6) is 0 Å². The van der Waals surface area contributed by atoms with E-state index in [0.717, 1.165) is 11.4 Å². The number of aromatic nitrogens is 5. The minimum Gasteiger partial charge on any atom is -0.336 e. The Balaban J connectivity index is 1.54. The Morgan fingerprint density at radius 1 is 1.12 bits per heavy atom. The lowest BCUT2D eigenvalue weighted by atomic mass is 10.1. The summed E-state index contributed by atoms with van der Waals surface area (Å²) in [4.78, 5) is 33.1. The van der Waals surface area contributed by atoms with Gasteiger partial charge in [0.05, 0.1) is 23.9 Å². The summed E-state index contributed by atoms with van der Waals surface area (Å²) >= 11 is 0. The van der Waals surface area contributed by atoms with E-state index in [1.54, 1.807) is 15.8 Å². The fourth-order valence-electron chi connectivity index (χ4n) is 2.97. The van der Waals surface area contributed by atoms with Gasteiger partial charge in [-0.05, 0) is 18.6 Å². The molecule has 0 bridgehead atoms. The Bertz CT molecular complexity index is 963. The van der Waals surface area contributed by atoms with Crippen molar-refractivity contribution in [3.8, 4) is 5.69 Å². The monoisotopic (exact) mass is 336 g/mol. The Labute approximate surface area is 143 Å². The molecule has 25 heavy (non-hydrogen) atoms. The third-order valence-corrected chi connectivity index (χ3v) is 4.31. The molecule has 8 nitrogen and oxygen atoms in total. The molecule has 2 aromatic heterocycles. The Kier molecular flexibility index (Phi) is 3.85. The van der Waals surface area contributed by atoms with Gasteiger partial charge in [0.2, 0.25) is 0 Å². The van der Waals surface area contributed by atoms with Gasteiger partial charge < -0.3 is 9.88 Å². The highest BCUT2D eigenvalue weighted by Crippen LogP contribution is 2.13. The Morgan fingerprint density at radius 3 is 2.76 bits per heavy atom. The fraction of sp³-hybridized carbons (Fsp3) is 0.235.